The largest absolute Gasteiger partial charge is 0.468 e. The summed E-state index contributed by atoms with van der Waals surface area (Å²) in [6.45, 7) is 0. The maximum Gasteiger partial charge on any atom is 0.319 e. The van der Waals surface area contributed by atoms with Crippen molar-refractivity contribution in [1.29, 1.82) is 0 Å². The number of ether oxygens (including phenoxy) is 1. The average Bonchev–Trinajstić information content (AvgIpc) is 3.11. The molecule has 1 aliphatic rings. The van der Waals surface area contributed by atoms with Gasteiger partial charge in [0.1, 0.15) is 11.1 Å². The molecule has 1 atom stereocenters. The van der Waals surface area contributed by atoms with Crippen molar-refractivity contribution in [2.24, 2.45) is 5.92 Å². The first-order valence-electron chi connectivity index (χ1n) is 5.41. The molecule has 1 saturated carbocycles. The van der Waals surface area contributed by atoms with Gasteiger partial charge in [-0.25, -0.2) is 4.39 Å². The molecular formula is C12H14FNO2S. The highest BCUT2D eigenvalue weighted by Gasteiger charge is 2.38. The number of carbonyl (C=O) groups is 1. The highest BCUT2D eigenvalue weighted by Crippen LogP contribution is 2.43. The fourth-order valence-corrected chi connectivity index (χ4v) is 2.89. The summed E-state index contributed by atoms with van der Waals surface area (Å²) in [5.74, 6) is -0.244. The van der Waals surface area contributed by atoms with Gasteiger partial charge in [0.25, 0.3) is 0 Å². The Labute approximate surface area is 104 Å². The third-order valence-corrected chi connectivity index (χ3v) is 4.17. The Morgan fingerprint density at radius 2 is 2.29 bits per heavy atom. The molecule has 0 aliphatic heterocycles. The molecule has 0 heterocycles. The van der Waals surface area contributed by atoms with Crippen LogP contribution in [0.15, 0.2) is 23.1 Å². The van der Waals surface area contributed by atoms with E-state index in [2.05, 4.69) is 0 Å². The van der Waals surface area contributed by atoms with E-state index in [1.54, 1.807) is 6.07 Å². The molecule has 5 heteroatoms. The fraction of sp³-hybridized carbons (Fsp3) is 0.417. The third kappa shape index (κ3) is 2.91. The van der Waals surface area contributed by atoms with Crippen LogP contribution in [0.3, 0.4) is 0 Å². The van der Waals surface area contributed by atoms with Crippen LogP contribution in [0.2, 0.25) is 0 Å². The van der Waals surface area contributed by atoms with Gasteiger partial charge in [-0.3, -0.25) is 4.79 Å². The molecule has 0 amide bonds. The SMILES string of the molecule is COC(=O)C(Sc1ccc(F)cc1N)C1CC1. The maximum atomic E-state index is 12.9. The lowest BCUT2D eigenvalue weighted by atomic mass is 10.3. The highest BCUT2D eigenvalue weighted by atomic mass is 32.2. The minimum Gasteiger partial charge on any atom is -0.468 e. The lowest BCUT2D eigenvalue weighted by molar-refractivity contribution is -0.140. The van der Waals surface area contributed by atoms with E-state index in [9.17, 15) is 9.18 Å². The Morgan fingerprint density at radius 3 is 2.82 bits per heavy atom. The Kier molecular flexibility index (Phi) is 3.57. The average molecular weight is 255 g/mol. The summed E-state index contributed by atoms with van der Waals surface area (Å²) in [5, 5.41) is -0.229. The summed E-state index contributed by atoms with van der Waals surface area (Å²) < 4.78 is 17.7. The molecule has 1 unspecified atom stereocenters. The predicted molar refractivity (Wildman–Crippen MR) is 65.2 cm³/mol. The smallest absolute Gasteiger partial charge is 0.319 e. The lowest BCUT2D eigenvalue weighted by Crippen LogP contribution is -2.21. The summed E-state index contributed by atoms with van der Waals surface area (Å²) >= 11 is 1.36. The maximum absolute atomic E-state index is 12.9. The minimum absolute atomic E-state index is 0.229. The molecule has 1 aromatic rings. The molecule has 17 heavy (non-hydrogen) atoms. The molecule has 2 rings (SSSR count). The van der Waals surface area contributed by atoms with Crippen molar-refractivity contribution >= 4 is 23.4 Å². The van der Waals surface area contributed by atoms with Gasteiger partial charge in [0, 0.05) is 10.6 Å². The molecule has 3 nitrogen and oxygen atoms in total. The second-order valence-electron chi connectivity index (χ2n) is 4.08. The number of hydrogen-bond donors (Lipinski definition) is 1. The van der Waals surface area contributed by atoms with Crippen LogP contribution in [0.1, 0.15) is 12.8 Å². The van der Waals surface area contributed by atoms with Gasteiger partial charge in [-0.15, -0.1) is 11.8 Å². The standard InChI is InChI=1S/C12H14FNO2S/c1-16-12(15)11(7-2-3-7)17-10-5-4-8(13)6-9(10)14/h4-7,11H,2-3,14H2,1H3. The van der Waals surface area contributed by atoms with E-state index in [0.717, 1.165) is 17.7 Å². The van der Waals surface area contributed by atoms with Crippen LogP contribution in [-0.4, -0.2) is 18.3 Å². The number of nitrogens with two attached hydrogens (primary N) is 1. The van der Waals surface area contributed by atoms with E-state index in [-0.39, 0.29) is 17.0 Å². The number of thioether (sulfide) groups is 1. The Balaban J connectivity index is 2.14. The minimum atomic E-state index is -0.368. The van der Waals surface area contributed by atoms with E-state index in [4.69, 9.17) is 10.5 Å². The van der Waals surface area contributed by atoms with E-state index in [1.807, 2.05) is 0 Å². The fourth-order valence-electron chi connectivity index (χ4n) is 1.62. The molecule has 2 N–H and O–H groups in total. The number of nitrogen functional groups attached to an aromatic ring is 1. The van der Waals surface area contributed by atoms with Crippen LogP contribution < -0.4 is 5.73 Å². The number of carbonyl (C=O) groups excluding carboxylic acids is 1. The molecule has 0 saturated heterocycles. The van der Waals surface area contributed by atoms with Crippen LogP contribution in [-0.2, 0) is 9.53 Å². The second kappa shape index (κ2) is 4.96. The van der Waals surface area contributed by atoms with Gasteiger partial charge in [-0.05, 0) is 37.0 Å². The zero-order valence-corrected chi connectivity index (χ0v) is 10.3. The summed E-state index contributed by atoms with van der Waals surface area (Å²) in [4.78, 5) is 12.3. The van der Waals surface area contributed by atoms with Gasteiger partial charge in [-0.2, -0.15) is 0 Å². The lowest BCUT2D eigenvalue weighted by Gasteiger charge is -2.14. The molecule has 0 bridgehead atoms. The zero-order valence-electron chi connectivity index (χ0n) is 9.48. The van der Waals surface area contributed by atoms with E-state index in [0.29, 0.717) is 11.6 Å². The Bertz CT molecular complexity index is 435. The van der Waals surface area contributed by atoms with Crippen molar-refractivity contribution in [2.45, 2.75) is 23.0 Å². The van der Waals surface area contributed by atoms with Crippen LogP contribution >= 0.6 is 11.8 Å². The predicted octanol–water partition coefficient (Wildman–Crippen LogP) is 2.45. The Morgan fingerprint density at radius 1 is 1.59 bits per heavy atom. The van der Waals surface area contributed by atoms with Crippen molar-refractivity contribution in [3.05, 3.63) is 24.0 Å². The van der Waals surface area contributed by atoms with Crippen LogP contribution in [0.5, 0.6) is 0 Å². The first-order chi connectivity index (χ1) is 8.11. The Hall–Kier alpha value is -1.23. The van der Waals surface area contributed by atoms with Crippen molar-refractivity contribution in [3.8, 4) is 0 Å². The van der Waals surface area contributed by atoms with Gasteiger partial charge < -0.3 is 10.5 Å². The van der Waals surface area contributed by atoms with Crippen LogP contribution in [0.4, 0.5) is 10.1 Å². The van der Waals surface area contributed by atoms with Crippen molar-refractivity contribution < 1.29 is 13.9 Å². The van der Waals surface area contributed by atoms with Gasteiger partial charge in [0.2, 0.25) is 0 Å². The summed E-state index contributed by atoms with van der Waals surface area (Å²) in [6, 6.07) is 4.22. The number of halogens is 1. The van der Waals surface area contributed by atoms with Crippen LogP contribution in [0.25, 0.3) is 0 Å². The van der Waals surface area contributed by atoms with Crippen molar-refractivity contribution in [1.82, 2.24) is 0 Å². The molecule has 1 aromatic carbocycles. The monoisotopic (exact) mass is 255 g/mol. The molecule has 1 fully saturated rings. The van der Waals surface area contributed by atoms with E-state index < -0.39 is 0 Å². The molecule has 92 valence electrons. The quantitative estimate of drug-likeness (QED) is 0.510. The topological polar surface area (TPSA) is 52.3 Å². The van der Waals surface area contributed by atoms with Gasteiger partial charge in [-0.1, -0.05) is 0 Å². The first-order valence-corrected chi connectivity index (χ1v) is 6.29. The number of benzene rings is 1. The number of rotatable bonds is 4. The summed E-state index contributed by atoms with van der Waals surface area (Å²) in [5.41, 5.74) is 6.08. The second-order valence-corrected chi connectivity index (χ2v) is 5.26. The van der Waals surface area contributed by atoms with Crippen LogP contribution in [0, 0.1) is 11.7 Å². The highest BCUT2D eigenvalue weighted by molar-refractivity contribution is 8.00. The first kappa shape index (κ1) is 12.2. The number of esters is 1. The van der Waals surface area contributed by atoms with E-state index in [1.165, 1.54) is 31.0 Å². The van der Waals surface area contributed by atoms with Crippen molar-refractivity contribution in [3.63, 3.8) is 0 Å². The van der Waals surface area contributed by atoms with Gasteiger partial charge >= 0.3 is 5.97 Å². The van der Waals surface area contributed by atoms with Crippen molar-refractivity contribution in [2.75, 3.05) is 12.8 Å². The van der Waals surface area contributed by atoms with Gasteiger partial charge in [0.05, 0.1) is 7.11 Å². The van der Waals surface area contributed by atoms with Gasteiger partial charge in [0.15, 0.2) is 0 Å². The zero-order chi connectivity index (χ0) is 12.4. The molecule has 0 aromatic heterocycles. The molecule has 0 spiro atoms. The number of methoxy groups -OCH3 is 1. The molecular weight excluding hydrogens is 241 g/mol. The third-order valence-electron chi connectivity index (χ3n) is 2.71. The number of hydrogen-bond acceptors (Lipinski definition) is 4. The summed E-state index contributed by atoms with van der Waals surface area (Å²) in [6.07, 6.45) is 2.07. The summed E-state index contributed by atoms with van der Waals surface area (Å²) in [7, 11) is 1.38. The molecule has 1 aliphatic carbocycles. The molecule has 0 radical (unpaired) electrons. The number of anilines is 1. The normalized spacial score (nSPS) is 16.6. The van der Waals surface area contributed by atoms with E-state index >= 15 is 0 Å².